The van der Waals surface area contributed by atoms with Crippen molar-refractivity contribution >= 4 is 35.1 Å². The molecule has 0 radical (unpaired) electrons. The minimum absolute atomic E-state index is 0.0371. The van der Waals surface area contributed by atoms with Gasteiger partial charge in [0.25, 0.3) is 11.6 Å². The van der Waals surface area contributed by atoms with Gasteiger partial charge in [-0.15, -0.1) is 0 Å². The highest BCUT2D eigenvalue weighted by Crippen LogP contribution is 2.36. The number of allylic oxidation sites excluding steroid dienone is 2. The minimum Gasteiger partial charge on any atom is -0.451 e. The van der Waals surface area contributed by atoms with Crippen LogP contribution in [0.2, 0.25) is 0 Å². The quantitative estimate of drug-likeness (QED) is 0.246. The molecule has 1 N–H and O–H groups in total. The smallest absolute Gasteiger partial charge is 0.329 e. The summed E-state index contributed by atoms with van der Waals surface area (Å²) < 4.78 is 5.13. The Hall–Kier alpha value is -3.56. The zero-order valence-electron chi connectivity index (χ0n) is 16.4. The second-order valence-corrected chi connectivity index (χ2v) is 7.22. The van der Waals surface area contributed by atoms with Gasteiger partial charge in [0.05, 0.1) is 16.8 Å². The van der Waals surface area contributed by atoms with E-state index in [-0.39, 0.29) is 11.4 Å². The molecule has 1 heterocycles. The van der Waals surface area contributed by atoms with E-state index in [0.29, 0.717) is 12.8 Å². The molecule has 10 heteroatoms. The van der Waals surface area contributed by atoms with Gasteiger partial charge in [0.1, 0.15) is 11.7 Å². The molecule has 1 aromatic carbocycles. The topological polar surface area (TPSA) is 136 Å². The van der Waals surface area contributed by atoms with Crippen molar-refractivity contribution in [1.82, 2.24) is 4.90 Å². The molecule has 4 atom stereocenters. The number of hydrogen-bond acceptors (Lipinski definition) is 7. The lowest BCUT2D eigenvalue weighted by atomic mass is 9.85. The van der Waals surface area contributed by atoms with E-state index in [0.717, 1.165) is 4.90 Å². The molecule has 3 rings (SSSR count). The average molecular weight is 415 g/mol. The molecule has 0 aromatic heterocycles. The van der Waals surface area contributed by atoms with E-state index in [1.807, 2.05) is 12.2 Å². The maximum Gasteiger partial charge on any atom is 0.329 e. The third-order valence-electron chi connectivity index (χ3n) is 5.29. The molecule has 3 amide bonds. The number of benzene rings is 1. The summed E-state index contributed by atoms with van der Waals surface area (Å²) in [7, 11) is 0. The molecule has 1 saturated heterocycles. The van der Waals surface area contributed by atoms with Crippen molar-refractivity contribution in [3.63, 3.8) is 0 Å². The molecule has 1 aromatic rings. The molecule has 0 spiro atoms. The van der Waals surface area contributed by atoms with E-state index in [1.54, 1.807) is 0 Å². The van der Waals surface area contributed by atoms with Crippen LogP contribution >= 0.6 is 0 Å². The third kappa shape index (κ3) is 3.93. The molecular weight excluding hydrogens is 394 g/mol. The fraction of sp³-hybridized carbons (Fsp3) is 0.400. The maximum atomic E-state index is 12.6. The number of nitro benzene ring substituents is 1. The van der Waals surface area contributed by atoms with E-state index in [1.165, 1.54) is 38.1 Å². The van der Waals surface area contributed by atoms with Gasteiger partial charge < -0.3 is 10.1 Å². The number of nitro groups is 1. The highest BCUT2D eigenvalue weighted by atomic mass is 16.6. The molecule has 1 aliphatic heterocycles. The lowest BCUT2D eigenvalue weighted by Crippen LogP contribution is -2.46. The van der Waals surface area contributed by atoms with Crippen molar-refractivity contribution in [2.75, 3.05) is 5.32 Å². The number of esters is 1. The molecule has 0 unspecified atom stereocenters. The first-order chi connectivity index (χ1) is 14.2. The van der Waals surface area contributed by atoms with Gasteiger partial charge in [0, 0.05) is 6.07 Å². The highest BCUT2D eigenvalue weighted by Gasteiger charge is 2.50. The Morgan fingerprint density at radius 2 is 1.70 bits per heavy atom. The highest BCUT2D eigenvalue weighted by molar-refractivity contribution is 6.08. The molecule has 1 aliphatic carbocycles. The fourth-order valence-electron chi connectivity index (χ4n) is 3.61. The Morgan fingerprint density at radius 1 is 1.13 bits per heavy atom. The van der Waals surface area contributed by atoms with Gasteiger partial charge in [-0.1, -0.05) is 24.3 Å². The molecule has 0 bridgehead atoms. The number of likely N-dealkylation sites (tertiary alicyclic amines) is 1. The number of carbonyl (C=O) groups is 4. The standard InChI is InChI=1S/C20H21N3O7/c1-11(22-18(25)13-7-3-4-8-14(13)19(22)26)20(27)30-12(2)17(24)21-15-9-5-6-10-16(15)23(28)29/h3-6,9-14H,7-8H2,1-2H3,(H,21,24)/t11-,12+,13-,14-/m0/s1. The van der Waals surface area contributed by atoms with Crippen molar-refractivity contribution in [3.05, 3.63) is 46.5 Å². The number of anilines is 1. The fourth-order valence-corrected chi connectivity index (χ4v) is 3.61. The zero-order chi connectivity index (χ0) is 22.0. The van der Waals surface area contributed by atoms with Crippen LogP contribution in [0.25, 0.3) is 0 Å². The van der Waals surface area contributed by atoms with Gasteiger partial charge in [0.2, 0.25) is 11.8 Å². The van der Waals surface area contributed by atoms with Gasteiger partial charge in [-0.3, -0.25) is 29.4 Å². The second-order valence-electron chi connectivity index (χ2n) is 7.22. The summed E-state index contributed by atoms with van der Waals surface area (Å²) in [4.78, 5) is 61.3. The number of amides is 3. The van der Waals surface area contributed by atoms with E-state index in [9.17, 15) is 29.3 Å². The molecule has 0 saturated carbocycles. The van der Waals surface area contributed by atoms with E-state index in [4.69, 9.17) is 4.74 Å². The number of rotatable bonds is 6. The Labute approximate surface area is 172 Å². The molecule has 1 fully saturated rings. The van der Waals surface area contributed by atoms with Crippen LogP contribution in [-0.2, 0) is 23.9 Å². The molecule has 2 aliphatic rings. The predicted octanol–water partition coefficient (Wildman–Crippen LogP) is 1.80. The molecule has 10 nitrogen and oxygen atoms in total. The number of imide groups is 1. The Balaban J connectivity index is 1.64. The van der Waals surface area contributed by atoms with E-state index >= 15 is 0 Å². The average Bonchev–Trinajstić information content (AvgIpc) is 2.98. The van der Waals surface area contributed by atoms with Crippen LogP contribution in [-0.4, -0.2) is 45.7 Å². The number of nitrogens with zero attached hydrogens (tertiary/aromatic N) is 2. The molecule has 30 heavy (non-hydrogen) atoms. The number of ether oxygens (including phenoxy) is 1. The number of fused-ring (bicyclic) bond motifs is 1. The van der Waals surface area contributed by atoms with E-state index in [2.05, 4.69) is 5.32 Å². The summed E-state index contributed by atoms with van der Waals surface area (Å²) in [5.41, 5.74) is -0.341. The van der Waals surface area contributed by atoms with Crippen LogP contribution in [0.15, 0.2) is 36.4 Å². The van der Waals surface area contributed by atoms with Gasteiger partial charge in [-0.2, -0.15) is 0 Å². The summed E-state index contributed by atoms with van der Waals surface area (Å²) in [5.74, 6) is -3.48. The number of para-hydroxylation sites is 2. The monoisotopic (exact) mass is 415 g/mol. The summed E-state index contributed by atoms with van der Waals surface area (Å²) >= 11 is 0. The first kappa shape index (κ1) is 21.2. The van der Waals surface area contributed by atoms with Crippen molar-refractivity contribution < 1.29 is 28.8 Å². The van der Waals surface area contributed by atoms with Crippen molar-refractivity contribution in [2.45, 2.75) is 38.8 Å². The summed E-state index contributed by atoms with van der Waals surface area (Å²) in [6.45, 7) is 2.67. The van der Waals surface area contributed by atoms with Crippen LogP contribution in [0.3, 0.4) is 0 Å². The zero-order valence-corrected chi connectivity index (χ0v) is 16.4. The first-order valence-corrected chi connectivity index (χ1v) is 9.49. The van der Waals surface area contributed by atoms with Crippen LogP contribution < -0.4 is 5.32 Å². The number of nitrogens with one attached hydrogen (secondary N) is 1. The van der Waals surface area contributed by atoms with Crippen molar-refractivity contribution in [2.24, 2.45) is 11.8 Å². The summed E-state index contributed by atoms with van der Waals surface area (Å²) in [6.07, 6.45) is 3.28. The van der Waals surface area contributed by atoms with Crippen LogP contribution in [0.5, 0.6) is 0 Å². The lowest BCUT2D eigenvalue weighted by molar-refractivity contribution is -0.383. The second kappa shape index (κ2) is 8.44. The molecular formula is C20H21N3O7. The van der Waals surface area contributed by atoms with Crippen molar-refractivity contribution in [1.29, 1.82) is 0 Å². The first-order valence-electron chi connectivity index (χ1n) is 9.49. The maximum absolute atomic E-state index is 12.6. The van der Waals surface area contributed by atoms with Crippen molar-refractivity contribution in [3.8, 4) is 0 Å². The Kier molecular flexibility index (Phi) is 5.95. The summed E-state index contributed by atoms with van der Waals surface area (Å²) in [5, 5.41) is 13.4. The van der Waals surface area contributed by atoms with Crippen LogP contribution in [0.1, 0.15) is 26.7 Å². The normalized spacial score (nSPS) is 22.3. The number of carbonyl (C=O) groups excluding carboxylic acids is 4. The lowest BCUT2D eigenvalue weighted by Gasteiger charge is -2.23. The van der Waals surface area contributed by atoms with Crippen LogP contribution in [0.4, 0.5) is 11.4 Å². The van der Waals surface area contributed by atoms with Gasteiger partial charge in [-0.25, -0.2) is 4.79 Å². The Morgan fingerprint density at radius 3 is 2.27 bits per heavy atom. The summed E-state index contributed by atoms with van der Waals surface area (Å²) in [6, 6.07) is 4.37. The van der Waals surface area contributed by atoms with Gasteiger partial charge in [0.15, 0.2) is 6.10 Å². The van der Waals surface area contributed by atoms with Crippen LogP contribution in [0, 0.1) is 22.0 Å². The SMILES string of the molecule is C[C@@H](OC(=O)[C@H](C)N1C(=O)[C@H]2CC=CC[C@@H]2C1=O)C(=O)Nc1ccccc1[N+](=O)[O-]. The Bertz CT molecular complexity index is 916. The largest absolute Gasteiger partial charge is 0.451 e. The van der Waals surface area contributed by atoms with Gasteiger partial charge >= 0.3 is 5.97 Å². The number of hydrogen-bond donors (Lipinski definition) is 1. The minimum atomic E-state index is -1.29. The van der Waals surface area contributed by atoms with E-state index < -0.39 is 52.6 Å². The molecule has 158 valence electrons. The third-order valence-corrected chi connectivity index (χ3v) is 5.29. The predicted molar refractivity (Wildman–Crippen MR) is 104 cm³/mol. The van der Waals surface area contributed by atoms with Gasteiger partial charge in [-0.05, 0) is 32.8 Å².